The average molecular weight is 369 g/mol. The Balaban J connectivity index is 1.72. The van der Waals surface area contributed by atoms with Gasteiger partial charge in [0.15, 0.2) is 0 Å². The van der Waals surface area contributed by atoms with Crippen molar-refractivity contribution in [2.75, 3.05) is 0 Å². The van der Waals surface area contributed by atoms with Crippen LogP contribution in [-0.4, -0.2) is 22.7 Å². The van der Waals surface area contributed by atoms with Gasteiger partial charge in [-0.25, -0.2) is 0 Å². The predicted molar refractivity (Wildman–Crippen MR) is 90.3 cm³/mol. The zero-order valence-corrected chi connectivity index (χ0v) is 14.4. The Morgan fingerprint density at radius 1 is 1.33 bits per heavy atom. The van der Waals surface area contributed by atoms with Crippen LogP contribution in [0, 0.1) is 0 Å². The van der Waals surface area contributed by atoms with Crippen LogP contribution in [0.5, 0.6) is 0 Å². The lowest BCUT2D eigenvalue weighted by Crippen LogP contribution is -2.59. The Bertz CT molecular complexity index is 535. The number of nitrogens with two attached hydrogens (primary N) is 1. The lowest BCUT2D eigenvalue weighted by Gasteiger charge is -2.39. The number of thioether (sulfide) groups is 1. The molecule has 0 spiro atoms. The number of benzene rings is 1. The maximum absolute atomic E-state index is 12.0. The standard InChI is InChI=1S/C16H21BrN2OS/c17-13-5-1-2-6-14(13)21-12-4-3-9-16(10-12,15(18)20)19-11-7-8-11/h1-2,5-6,11-12,19H,3-4,7-10H2,(H2,18,20). The summed E-state index contributed by atoms with van der Waals surface area (Å²) in [4.78, 5) is 13.3. The van der Waals surface area contributed by atoms with E-state index in [1.54, 1.807) is 0 Å². The minimum absolute atomic E-state index is 0.174. The van der Waals surface area contributed by atoms with Crippen molar-refractivity contribution in [2.24, 2.45) is 5.73 Å². The molecule has 21 heavy (non-hydrogen) atoms. The molecule has 1 aromatic carbocycles. The van der Waals surface area contributed by atoms with Gasteiger partial charge in [0, 0.05) is 20.7 Å². The van der Waals surface area contributed by atoms with E-state index in [2.05, 4.69) is 39.4 Å². The van der Waals surface area contributed by atoms with Crippen LogP contribution in [0.25, 0.3) is 0 Å². The summed E-state index contributed by atoms with van der Waals surface area (Å²) < 4.78 is 1.13. The molecule has 2 fully saturated rings. The molecule has 2 aliphatic rings. The molecule has 3 nitrogen and oxygen atoms in total. The van der Waals surface area contributed by atoms with Crippen LogP contribution in [0.15, 0.2) is 33.6 Å². The van der Waals surface area contributed by atoms with Crippen LogP contribution < -0.4 is 11.1 Å². The van der Waals surface area contributed by atoms with Crippen molar-refractivity contribution in [1.82, 2.24) is 5.32 Å². The fraction of sp³-hybridized carbons (Fsp3) is 0.562. The van der Waals surface area contributed by atoms with E-state index in [0.717, 1.165) is 30.2 Å². The number of carbonyl (C=O) groups is 1. The Labute approximate surface area is 138 Å². The second-order valence-corrected chi connectivity index (χ2v) is 8.33. The van der Waals surface area contributed by atoms with Crippen molar-refractivity contribution in [3.8, 4) is 0 Å². The molecule has 0 saturated heterocycles. The van der Waals surface area contributed by atoms with Crippen molar-refractivity contribution in [3.05, 3.63) is 28.7 Å². The van der Waals surface area contributed by atoms with Gasteiger partial charge in [0.25, 0.3) is 0 Å². The monoisotopic (exact) mass is 368 g/mol. The zero-order chi connectivity index (χ0) is 14.9. The Morgan fingerprint density at radius 3 is 2.76 bits per heavy atom. The third-order valence-corrected chi connectivity index (χ3v) is 6.67. The van der Waals surface area contributed by atoms with Gasteiger partial charge in [-0.05, 0) is 66.6 Å². The van der Waals surface area contributed by atoms with Crippen molar-refractivity contribution in [3.63, 3.8) is 0 Å². The third-order valence-electron chi connectivity index (χ3n) is 4.37. The highest BCUT2D eigenvalue weighted by Gasteiger charge is 2.44. The molecular formula is C16H21BrN2OS. The minimum Gasteiger partial charge on any atom is -0.368 e. The first-order valence-electron chi connectivity index (χ1n) is 7.58. The molecule has 114 valence electrons. The van der Waals surface area contributed by atoms with E-state index in [-0.39, 0.29) is 5.91 Å². The Kier molecular flexibility index (Phi) is 4.62. The predicted octanol–water partition coefficient (Wildman–Crippen LogP) is 3.46. The van der Waals surface area contributed by atoms with E-state index >= 15 is 0 Å². The van der Waals surface area contributed by atoms with E-state index in [0.29, 0.717) is 11.3 Å². The first-order valence-corrected chi connectivity index (χ1v) is 9.25. The number of hydrogen-bond acceptors (Lipinski definition) is 3. The van der Waals surface area contributed by atoms with Gasteiger partial charge in [-0.3, -0.25) is 4.79 Å². The summed E-state index contributed by atoms with van der Waals surface area (Å²) >= 11 is 5.47. The molecule has 0 heterocycles. The number of primary amides is 1. The van der Waals surface area contributed by atoms with Gasteiger partial charge in [0.05, 0.1) is 5.54 Å². The molecule has 2 saturated carbocycles. The maximum Gasteiger partial charge on any atom is 0.237 e. The van der Waals surface area contributed by atoms with Gasteiger partial charge in [-0.2, -0.15) is 0 Å². The molecule has 0 aliphatic heterocycles. The van der Waals surface area contributed by atoms with Crippen LogP contribution in [0.2, 0.25) is 0 Å². The lowest BCUT2D eigenvalue weighted by atomic mass is 9.80. The van der Waals surface area contributed by atoms with E-state index in [4.69, 9.17) is 5.73 Å². The highest BCUT2D eigenvalue weighted by Crippen LogP contribution is 2.41. The van der Waals surface area contributed by atoms with Gasteiger partial charge in [-0.15, -0.1) is 11.8 Å². The van der Waals surface area contributed by atoms with Crippen LogP contribution in [0.1, 0.15) is 38.5 Å². The van der Waals surface area contributed by atoms with Crippen LogP contribution in [0.4, 0.5) is 0 Å². The molecule has 0 aromatic heterocycles. The van der Waals surface area contributed by atoms with Crippen LogP contribution >= 0.6 is 27.7 Å². The van der Waals surface area contributed by atoms with Gasteiger partial charge < -0.3 is 11.1 Å². The molecule has 1 aromatic rings. The van der Waals surface area contributed by atoms with Crippen LogP contribution in [0.3, 0.4) is 0 Å². The lowest BCUT2D eigenvalue weighted by molar-refractivity contribution is -0.125. The van der Waals surface area contributed by atoms with Crippen molar-refractivity contribution in [2.45, 2.75) is 60.3 Å². The fourth-order valence-electron chi connectivity index (χ4n) is 3.09. The maximum atomic E-state index is 12.0. The first-order chi connectivity index (χ1) is 10.1. The van der Waals surface area contributed by atoms with Crippen molar-refractivity contribution >= 4 is 33.6 Å². The quantitative estimate of drug-likeness (QED) is 0.836. The molecule has 0 bridgehead atoms. The minimum atomic E-state index is -0.488. The second kappa shape index (κ2) is 6.31. The summed E-state index contributed by atoms with van der Waals surface area (Å²) in [6, 6.07) is 8.78. The molecule has 1 amide bonds. The number of halogens is 1. The molecule has 0 radical (unpaired) electrons. The first kappa shape index (κ1) is 15.4. The number of rotatable bonds is 5. The van der Waals surface area contributed by atoms with E-state index in [1.807, 2.05) is 17.8 Å². The molecule has 5 heteroatoms. The number of nitrogens with one attached hydrogen (secondary N) is 1. The average Bonchev–Trinajstić information content (AvgIpc) is 3.25. The van der Waals surface area contributed by atoms with Gasteiger partial charge >= 0.3 is 0 Å². The summed E-state index contributed by atoms with van der Waals surface area (Å²) in [7, 11) is 0. The molecule has 2 aliphatic carbocycles. The smallest absolute Gasteiger partial charge is 0.237 e. The summed E-state index contributed by atoms with van der Waals surface area (Å²) in [5.41, 5.74) is 5.26. The molecule has 2 atom stereocenters. The largest absolute Gasteiger partial charge is 0.368 e. The third kappa shape index (κ3) is 3.63. The molecule has 3 N–H and O–H groups in total. The molecule has 3 rings (SSSR count). The molecule has 2 unspecified atom stereocenters. The number of hydrogen-bond donors (Lipinski definition) is 2. The van der Waals surface area contributed by atoms with E-state index < -0.39 is 5.54 Å². The van der Waals surface area contributed by atoms with Gasteiger partial charge in [0.2, 0.25) is 5.91 Å². The van der Waals surface area contributed by atoms with Crippen molar-refractivity contribution < 1.29 is 4.79 Å². The SMILES string of the molecule is NC(=O)C1(NC2CC2)CCCC(Sc2ccccc2Br)C1. The summed E-state index contributed by atoms with van der Waals surface area (Å²) in [5.74, 6) is -0.174. The van der Waals surface area contributed by atoms with E-state index in [9.17, 15) is 4.79 Å². The zero-order valence-electron chi connectivity index (χ0n) is 12.0. The Hall–Kier alpha value is -0.520. The Morgan fingerprint density at radius 2 is 2.10 bits per heavy atom. The second-order valence-electron chi connectivity index (χ2n) is 6.13. The van der Waals surface area contributed by atoms with Crippen LogP contribution in [-0.2, 0) is 4.79 Å². The van der Waals surface area contributed by atoms with E-state index in [1.165, 1.54) is 17.7 Å². The highest BCUT2D eigenvalue weighted by atomic mass is 79.9. The normalized spacial score (nSPS) is 29.3. The summed E-state index contributed by atoms with van der Waals surface area (Å²) in [6.07, 6.45) is 6.28. The molecular weight excluding hydrogens is 348 g/mol. The number of amides is 1. The summed E-state index contributed by atoms with van der Waals surface area (Å²) in [6.45, 7) is 0. The van der Waals surface area contributed by atoms with Crippen molar-refractivity contribution in [1.29, 1.82) is 0 Å². The topological polar surface area (TPSA) is 55.1 Å². The fourth-order valence-corrected chi connectivity index (χ4v) is 5.00. The number of carbonyl (C=O) groups excluding carboxylic acids is 1. The summed E-state index contributed by atoms with van der Waals surface area (Å²) in [5, 5.41) is 3.98. The van der Waals surface area contributed by atoms with Gasteiger partial charge in [0.1, 0.15) is 0 Å². The van der Waals surface area contributed by atoms with Gasteiger partial charge in [-0.1, -0.05) is 12.1 Å². The highest BCUT2D eigenvalue weighted by molar-refractivity contribution is 9.10.